The van der Waals surface area contributed by atoms with E-state index >= 15 is 0 Å². The van der Waals surface area contributed by atoms with Gasteiger partial charge in [0.1, 0.15) is 6.61 Å². The van der Waals surface area contributed by atoms with Crippen molar-refractivity contribution in [1.82, 2.24) is 24.9 Å². The Bertz CT molecular complexity index is 1280. The number of nitrogens with zero attached hydrogens (tertiary/aromatic N) is 5. The van der Waals surface area contributed by atoms with E-state index in [1.54, 1.807) is 37.3 Å². The summed E-state index contributed by atoms with van der Waals surface area (Å²) in [5.41, 5.74) is 1.07. The quantitative estimate of drug-likeness (QED) is 0.301. The predicted molar refractivity (Wildman–Crippen MR) is 101 cm³/mol. The van der Waals surface area contributed by atoms with Gasteiger partial charge in [0.25, 0.3) is 0 Å². The smallest absolute Gasteiger partial charge is 0.240 e. The molecule has 29 heavy (non-hydrogen) atoms. The highest BCUT2D eigenvalue weighted by molar-refractivity contribution is 5.96. The van der Waals surface area contributed by atoms with Crippen LogP contribution in [-0.2, 0) is 6.61 Å². The maximum atomic E-state index is 10.8. The van der Waals surface area contributed by atoms with E-state index in [0.29, 0.717) is 34.2 Å². The zero-order valence-electron chi connectivity index (χ0n) is 15.3. The minimum atomic E-state index is -0.212. The van der Waals surface area contributed by atoms with Gasteiger partial charge in [0.15, 0.2) is 17.6 Å². The average molecular weight is 389 g/mol. The number of benzene rings is 1. The van der Waals surface area contributed by atoms with Crippen LogP contribution in [-0.4, -0.2) is 37.0 Å². The second-order valence-corrected chi connectivity index (χ2v) is 6.09. The van der Waals surface area contributed by atoms with Crippen molar-refractivity contribution >= 4 is 22.9 Å². The third-order valence-electron chi connectivity index (χ3n) is 4.11. The monoisotopic (exact) mass is 389 g/mol. The number of aryl methyl sites for hydroxylation is 1. The molecule has 0 saturated heterocycles. The molecule has 0 radical (unpaired) electrons. The maximum Gasteiger partial charge on any atom is 0.240 e. The van der Waals surface area contributed by atoms with E-state index in [1.807, 2.05) is 6.07 Å². The fraction of sp³-hybridized carbons (Fsp3) is 0.105. The largest absolute Gasteiger partial charge is 0.470 e. The van der Waals surface area contributed by atoms with Gasteiger partial charge in [-0.3, -0.25) is 20.6 Å². The number of ether oxygens (including phenoxy) is 1. The Hall–Kier alpha value is -4.21. The van der Waals surface area contributed by atoms with Crippen LogP contribution >= 0.6 is 0 Å². The first-order valence-corrected chi connectivity index (χ1v) is 8.56. The topological polar surface area (TPSA) is 144 Å². The predicted octanol–water partition coefficient (Wildman–Crippen LogP) is 1.87. The maximum absolute atomic E-state index is 10.8. The average Bonchev–Trinajstić information content (AvgIpc) is 3.19. The number of rotatable bonds is 5. The van der Waals surface area contributed by atoms with Gasteiger partial charge < -0.3 is 9.26 Å². The number of fused-ring (bicyclic) bond motifs is 1. The fourth-order valence-corrected chi connectivity index (χ4v) is 2.68. The molecule has 144 valence electrons. The van der Waals surface area contributed by atoms with Crippen molar-refractivity contribution < 1.29 is 14.1 Å². The first kappa shape index (κ1) is 18.2. The zero-order valence-corrected chi connectivity index (χ0v) is 15.3. The fourth-order valence-electron chi connectivity index (χ4n) is 2.68. The van der Waals surface area contributed by atoms with Crippen LogP contribution in [0.25, 0.3) is 10.8 Å². The lowest BCUT2D eigenvalue weighted by Crippen LogP contribution is -2.31. The van der Waals surface area contributed by atoms with Crippen LogP contribution in [0.15, 0.2) is 47.1 Å². The van der Waals surface area contributed by atoms with Gasteiger partial charge in [-0.25, -0.2) is 0 Å². The molecule has 10 heteroatoms. The molecule has 4 aromatic rings. The lowest BCUT2D eigenvalue weighted by molar-refractivity contribution is 0.112. The zero-order chi connectivity index (χ0) is 20.4. The summed E-state index contributed by atoms with van der Waals surface area (Å²) >= 11 is 0. The van der Waals surface area contributed by atoms with E-state index in [9.17, 15) is 4.79 Å². The summed E-state index contributed by atoms with van der Waals surface area (Å²) in [6, 6.07) is 10.5. The van der Waals surface area contributed by atoms with Crippen LogP contribution in [0.4, 0.5) is 0 Å². The normalized spacial score (nSPS) is 10.8. The van der Waals surface area contributed by atoms with Crippen molar-refractivity contribution in [2.45, 2.75) is 13.5 Å². The van der Waals surface area contributed by atoms with Gasteiger partial charge in [-0.05, 0) is 18.2 Å². The third-order valence-corrected chi connectivity index (χ3v) is 4.11. The van der Waals surface area contributed by atoms with Crippen molar-refractivity contribution in [3.05, 3.63) is 71.1 Å². The molecule has 0 fully saturated rings. The molecule has 0 aliphatic carbocycles. The second-order valence-electron chi connectivity index (χ2n) is 6.09. The van der Waals surface area contributed by atoms with Crippen molar-refractivity contribution in [3.63, 3.8) is 0 Å². The van der Waals surface area contributed by atoms with Crippen LogP contribution in [0, 0.1) is 17.7 Å². The molecule has 0 atom stereocenters. The van der Waals surface area contributed by atoms with E-state index in [0.717, 1.165) is 4.68 Å². The number of pyridine rings is 1. The Morgan fingerprint density at radius 2 is 2.03 bits per heavy atom. The highest BCUT2D eigenvalue weighted by atomic mass is 16.5. The number of nitrogens with one attached hydrogen (secondary N) is 2. The number of carbonyl (C=O) groups is 1. The van der Waals surface area contributed by atoms with Gasteiger partial charge in [0.05, 0.1) is 5.69 Å². The third kappa shape index (κ3) is 3.50. The highest BCUT2D eigenvalue weighted by Crippen LogP contribution is 2.21. The molecule has 1 aromatic carbocycles. The molecule has 0 aliphatic rings. The first-order valence-electron chi connectivity index (χ1n) is 8.56. The molecule has 0 spiro atoms. The summed E-state index contributed by atoms with van der Waals surface area (Å²) in [5.74, 6) is 0.332. The van der Waals surface area contributed by atoms with E-state index in [1.165, 1.54) is 6.20 Å². The Kier molecular flexibility index (Phi) is 4.65. The summed E-state index contributed by atoms with van der Waals surface area (Å²) in [6.45, 7) is 1.71. The number of aldehydes is 1. The molecule has 10 nitrogen and oxygen atoms in total. The molecular formula is C19H15N7O3. The lowest BCUT2D eigenvalue weighted by Gasteiger charge is -2.12. The molecular weight excluding hydrogens is 374 g/mol. The Morgan fingerprint density at radius 3 is 2.69 bits per heavy atom. The SMILES string of the molecule is Cc1nc(C(=N)n2nc(OCc3ccc(C=O)cn3)c3ccccc3c2=N)no1. The van der Waals surface area contributed by atoms with Gasteiger partial charge in [-0.15, -0.1) is 5.10 Å². The van der Waals surface area contributed by atoms with Gasteiger partial charge in [0, 0.05) is 29.5 Å². The van der Waals surface area contributed by atoms with Crippen molar-refractivity contribution in [2.75, 3.05) is 0 Å². The number of hydrogen-bond acceptors (Lipinski definition) is 9. The first-order chi connectivity index (χ1) is 14.1. The molecule has 0 amide bonds. The molecule has 0 unspecified atom stereocenters. The van der Waals surface area contributed by atoms with Crippen molar-refractivity contribution in [1.29, 1.82) is 10.8 Å². The van der Waals surface area contributed by atoms with Gasteiger partial charge >= 0.3 is 0 Å². The van der Waals surface area contributed by atoms with Crippen molar-refractivity contribution in [2.24, 2.45) is 0 Å². The lowest BCUT2D eigenvalue weighted by atomic mass is 10.2. The summed E-state index contributed by atoms with van der Waals surface area (Å²) in [5, 5.41) is 26.0. The molecule has 0 saturated carbocycles. The Morgan fingerprint density at radius 1 is 1.24 bits per heavy atom. The number of aromatic nitrogens is 5. The van der Waals surface area contributed by atoms with Crippen LogP contribution in [0.3, 0.4) is 0 Å². The Balaban J connectivity index is 1.74. The van der Waals surface area contributed by atoms with Crippen molar-refractivity contribution in [3.8, 4) is 5.88 Å². The number of carbonyl (C=O) groups excluding carboxylic acids is 1. The van der Waals surface area contributed by atoms with Gasteiger partial charge in [-0.1, -0.05) is 23.4 Å². The second kappa shape index (κ2) is 7.43. The summed E-state index contributed by atoms with van der Waals surface area (Å²) < 4.78 is 11.8. The van der Waals surface area contributed by atoms with E-state index in [2.05, 4.69) is 20.2 Å². The Labute approximate surface area is 163 Å². The minimum absolute atomic E-state index is 0.00568. The summed E-state index contributed by atoms with van der Waals surface area (Å²) in [6.07, 6.45) is 2.17. The summed E-state index contributed by atoms with van der Waals surface area (Å²) in [7, 11) is 0. The highest BCUT2D eigenvalue weighted by Gasteiger charge is 2.17. The van der Waals surface area contributed by atoms with E-state index in [-0.39, 0.29) is 29.6 Å². The van der Waals surface area contributed by atoms with Crippen LogP contribution in [0.5, 0.6) is 5.88 Å². The molecule has 3 aromatic heterocycles. The standard InChI is InChI=1S/C19H15N7O3/c1-11-23-18(25-29-11)17(21)26-16(20)14-4-2-3-5-15(14)19(24-26)28-10-13-7-6-12(9-27)8-22-13/h2-9,20-21H,10H2,1H3. The molecule has 0 bridgehead atoms. The van der Waals surface area contributed by atoms with Gasteiger partial charge in [-0.2, -0.15) is 9.67 Å². The molecule has 0 aliphatic heterocycles. The van der Waals surface area contributed by atoms with Crippen LogP contribution in [0.2, 0.25) is 0 Å². The number of hydrogen-bond donors (Lipinski definition) is 2. The minimum Gasteiger partial charge on any atom is -0.470 e. The van der Waals surface area contributed by atoms with E-state index in [4.69, 9.17) is 20.1 Å². The van der Waals surface area contributed by atoms with E-state index < -0.39 is 0 Å². The van der Waals surface area contributed by atoms with Gasteiger partial charge in [0.2, 0.25) is 17.6 Å². The van der Waals surface area contributed by atoms with Crippen LogP contribution in [0.1, 0.15) is 27.8 Å². The van der Waals surface area contributed by atoms with Crippen LogP contribution < -0.4 is 10.2 Å². The molecule has 3 heterocycles. The molecule has 4 rings (SSSR count). The summed E-state index contributed by atoms with van der Waals surface area (Å²) in [4.78, 5) is 18.9. The molecule has 2 N–H and O–H groups in total.